The van der Waals surface area contributed by atoms with Crippen molar-refractivity contribution in [1.29, 1.82) is 0 Å². The van der Waals surface area contributed by atoms with E-state index in [-0.39, 0.29) is 59.8 Å². The van der Waals surface area contributed by atoms with Gasteiger partial charge in [0, 0.05) is 169 Å². The second kappa shape index (κ2) is 35.3. The largest absolute Gasteiger partial charge is 0.419 e. The third-order valence-electron chi connectivity index (χ3n) is 21.0. The van der Waals surface area contributed by atoms with Crippen molar-refractivity contribution >= 4 is 12.1 Å². The topological polar surface area (TPSA) is 127 Å². The van der Waals surface area contributed by atoms with Crippen LogP contribution in [0, 0.1) is 29.5 Å². The van der Waals surface area contributed by atoms with Crippen molar-refractivity contribution < 1.29 is 27.1 Å². The zero-order chi connectivity index (χ0) is 64.3. The van der Waals surface area contributed by atoms with E-state index in [1.807, 2.05) is 30.4 Å². The Morgan fingerprint density at radius 1 is 0.854 bits per heavy atom. The maximum Gasteiger partial charge on any atom is 0.419 e. The Balaban J connectivity index is 1.19. The Morgan fingerprint density at radius 3 is 2.28 bits per heavy atom. The minimum atomic E-state index is -4.76. The van der Waals surface area contributed by atoms with Crippen molar-refractivity contribution in [3.8, 4) is 0 Å². The standard InChI is InChI=1S/C71H120F4N12O2/c1-13-41-89-48-61-46-83(11)40-36-78-59(28-26-57-27-29-62(63(72)43-57)71(73,74)75)30-33-76-34-35-77-49-70(31-18-19-32-70)82-54(8)68(58-23-16-17-24-58)87-56(10)67(69(88)85-37-20-15-21-38-85)66(87)45-79-53(7)64(42-50(3)4)80-44-65(51(5)14-2)81-52(6)55(9)86-39-22-25-60(86)47-84(61)12/h27,29-30,33,36,40,43,46-47,50-56,58,64-68,77-82H,13-26,28,31-32,34-35,37-39,41-42,44-45,48-49H2,1-12H3/t51-,52?,53?,54?,55-,56?,64-,65+,66?,67-,68+/m0/s1. The van der Waals surface area contributed by atoms with Gasteiger partial charge in [0.05, 0.1) is 30.3 Å². The maximum absolute atomic E-state index is 14.9. The van der Waals surface area contributed by atoms with Crippen LogP contribution in [0.2, 0.25) is 0 Å². The fourth-order valence-corrected chi connectivity index (χ4v) is 15.5. The van der Waals surface area contributed by atoms with Gasteiger partial charge in [-0.25, -0.2) is 4.39 Å². The number of hydrogen-bond donors (Lipinski definition) is 6. The van der Waals surface area contributed by atoms with Crippen molar-refractivity contribution in [3.05, 3.63) is 83.1 Å². The highest BCUT2D eigenvalue weighted by Gasteiger charge is 2.56. The summed E-state index contributed by atoms with van der Waals surface area (Å²) in [5, 5.41) is 24.2. The zero-order valence-corrected chi connectivity index (χ0v) is 57.0. The van der Waals surface area contributed by atoms with Crippen LogP contribution in [0.4, 0.5) is 17.6 Å². The lowest BCUT2D eigenvalue weighted by atomic mass is 9.74. The third-order valence-corrected chi connectivity index (χ3v) is 21.0. The van der Waals surface area contributed by atoms with Crippen LogP contribution < -0.4 is 31.9 Å². The van der Waals surface area contributed by atoms with Crippen molar-refractivity contribution in [2.45, 2.75) is 251 Å². The minimum Gasteiger partial charge on any atom is -0.375 e. The average Bonchev–Trinajstić information content (AvgIpc) is 1.02. The van der Waals surface area contributed by atoms with E-state index in [0.717, 1.165) is 121 Å². The van der Waals surface area contributed by atoms with Crippen LogP contribution in [0.3, 0.4) is 0 Å². The summed E-state index contributed by atoms with van der Waals surface area (Å²) in [6, 6.07) is 5.10. The first kappa shape index (κ1) is 72.4. The molecule has 4 aliphatic heterocycles. The number of amides is 1. The normalized spacial score (nSPS) is 29.9. The summed E-state index contributed by atoms with van der Waals surface area (Å²) in [5.41, 5.74) is 2.24. The van der Waals surface area contributed by atoms with E-state index >= 15 is 0 Å². The molecule has 11 atom stereocenters. The number of carbonyl (C=O) groups excluding carboxylic acids is 1. The molecule has 5 unspecified atom stereocenters. The van der Waals surface area contributed by atoms with Gasteiger partial charge < -0.3 is 56.2 Å². The van der Waals surface area contributed by atoms with Crippen LogP contribution in [0.15, 0.2) is 71.2 Å². The van der Waals surface area contributed by atoms with Crippen LogP contribution in [0.1, 0.15) is 190 Å². The molecule has 0 radical (unpaired) electrons. The number of carbonyl (C=O) groups is 1. The van der Waals surface area contributed by atoms with Crippen LogP contribution in [0.25, 0.3) is 0 Å². The average molecular weight is 1250 g/mol. The van der Waals surface area contributed by atoms with Gasteiger partial charge in [0.2, 0.25) is 5.91 Å². The predicted octanol–water partition coefficient (Wildman–Crippen LogP) is 11.8. The Morgan fingerprint density at radius 2 is 1.60 bits per heavy atom. The molecule has 4 heterocycles. The number of nitrogens with zero attached hydrogens (tertiary/aromatic N) is 6. The number of aliphatic imine (C=N–C) groups is 1. The molecule has 504 valence electrons. The highest BCUT2D eigenvalue weighted by atomic mass is 19.4. The Bertz CT molecular complexity index is 2450. The number of allylic oxidation sites excluding steroid dienone is 3. The minimum absolute atomic E-state index is 0.0458. The molecule has 1 aromatic carbocycles. The summed E-state index contributed by atoms with van der Waals surface area (Å²) < 4.78 is 61.5. The molecule has 18 heteroatoms. The first-order valence-corrected chi connectivity index (χ1v) is 35.1. The number of piperidine rings is 1. The summed E-state index contributed by atoms with van der Waals surface area (Å²) in [5.74, 6) is 0.574. The molecule has 0 aromatic heterocycles. The molecule has 1 spiro atoms. The van der Waals surface area contributed by atoms with E-state index in [2.05, 4.69) is 140 Å². The molecule has 1 amide bonds. The van der Waals surface area contributed by atoms with Gasteiger partial charge in [-0.1, -0.05) is 72.8 Å². The monoisotopic (exact) mass is 1250 g/mol. The summed E-state index contributed by atoms with van der Waals surface area (Å²) >= 11 is 0. The number of fused-ring (bicyclic) bond motifs is 2. The molecule has 5 fully saturated rings. The van der Waals surface area contributed by atoms with Gasteiger partial charge >= 0.3 is 6.18 Å². The van der Waals surface area contributed by atoms with Gasteiger partial charge in [0.25, 0.3) is 0 Å². The first-order valence-electron chi connectivity index (χ1n) is 35.1. The van der Waals surface area contributed by atoms with Crippen molar-refractivity contribution in [2.75, 3.05) is 79.7 Å². The van der Waals surface area contributed by atoms with E-state index in [0.29, 0.717) is 74.4 Å². The molecule has 1 aromatic rings. The summed E-state index contributed by atoms with van der Waals surface area (Å²) in [7, 11) is 4.08. The SMILES string of the molecule is CCCOCC1=CN(C)C=CNC(CCc2ccc(C(F)(F)F)c(F)c2)=CC=NCCNCC2(CCCC2)NC(C)[C@H](C2CCCC2)N2C(C)[C@H](C(=O)N3CCCCC3)C2CNC(C)[C@H](CC(C)C)NC[C@H]([C@@H](C)CC)NC(C)[C@H](C)N2CCCC2=CN1C. The number of benzene rings is 1. The third kappa shape index (κ3) is 20.7. The second-order valence-corrected chi connectivity index (χ2v) is 28.2. The van der Waals surface area contributed by atoms with E-state index in [1.165, 1.54) is 56.7 Å². The molecule has 2 aliphatic carbocycles. The highest BCUT2D eigenvalue weighted by molar-refractivity contribution is 5.81. The van der Waals surface area contributed by atoms with Gasteiger partial charge in [0.15, 0.2) is 0 Å². The molecule has 2 saturated carbocycles. The molecule has 6 aliphatic rings. The van der Waals surface area contributed by atoms with Crippen LogP contribution in [-0.2, 0) is 22.1 Å². The fraction of sp³-hybridized carbons (Fsp3) is 0.775. The maximum atomic E-state index is 14.9. The van der Waals surface area contributed by atoms with Gasteiger partial charge in [-0.05, 0) is 160 Å². The van der Waals surface area contributed by atoms with Crippen LogP contribution in [0.5, 0.6) is 0 Å². The number of likely N-dealkylation sites (N-methyl/N-ethyl adjacent to an activating group) is 1. The Hall–Kier alpha value is -4.04. The van der Waals surface area contributed by atoms with E-state index in [1.54, 1.807) is 6.21 Å². The van der Waals surface area contributed by atoms with Crippen molar-refractivity contribution in [2.24, 2.45) is 28.7 Å². The van der Waals surface area contributed by atoms with Gasteiger partial charge in [-0.15, -0.1) is 0 Å². The summed E-state index contributed by atoms with van der Waals surface area (Å²) in [6.45, 7) is 31.0. The number of ether oxygens (including phenoxy) is 1. The number of nitrogens with one attached hydrogen (secondary N) is 6. The number of alkyl halides is 3. The number of aryl methyl sites for hydroxylation is 1. The van der Waals surface area contributed by atoms with Crippen LogP contribution >= 0.6 is 0 Å². The summed E-state index contributed by atoms with van der Waals surface area (Å²) in [4.78, 5) is 31.6. The molecule has 6 N–H and O–H groups in total. The lowest BCUT2D eigenvalue weighted by Crippen LogP contribution is -2.76. The zero-order valence-electron chi connectivity index (χ0n) is 57.0. The molecular weight excluding hydrogens is 1130 g/mol. The quantitative estimate of drug-likeness (QED) is 0.0832. The van der Waals surface area contributed by atoms with Gasteiger partial charge in [-0.2, -0.15) is 13.2 Å². The second-order valence-electron chi connectivity index (χ2n) is 28.2. The number of hydrogen-bond acceptors (Lipinski definition) is 13. The highest BCUT2D eigenvalue weighted by Crippen LogP contribution is 2.44. The van der Waals surface area contributed by atoms with Gasteiger partial charge in [0.1, 0.15) is 5.82 Å². The smallest absolute Gasteiger partial charge is 0.375 e. The predicted molar refractivity (Wildman–Crippen MR) is 358 cm³/mol. The molecule has 89 heavy (non-hydrogen) atoms. The molecule has 3 saturated heterocycles. The molecule has 14 nitrogen and oxygen atoms in total. The molecule has 7 rings (SSSR count). The van der Waals surface area contributed by atoms with Crippen LogP contribution in [-0.4, -0.2) is 176 Å². The fourth-order valence-electron chi connectivity index (χ4n) is 15.5. The Labute approximate surface area is 535 Å². The number of likely N-dealkylation sites (tertiary alicyclic amines) is 1. The Kier molecular flexibility index (Phi) is 28.7. The lowest BCUT2D eigenvalue weighted by Gasteiger charge is -2.60. The number of halogens is 4. The lowest BCUT2D eigenvalue weighted by molar-refractivity contribution is -0.162. The van der Waals surface area contributed by atoms with E-state index < -0.39 is 17.6 Å². The van der Waals surface area contributed by atoms with E-state index in [9.17, 15) is 22.4 Å². The van der Waals surface area contributed by atoms with Crippen molar-refractivity contribution in [3.63, 3.8) is 0 Å². The first-order chi connectivity index (χ1) is 42.6. The van der Waals surface area contributed by atoms with E-state index in [4.69, 9.17) is 9.73 Å². The molecular formula is C71H120F4N12O2. The molecule has 0 bridgehead atoms. The number of rotatable bonds is 13. The summed E-state index contributed by atoms with van der Waals surface area (Å²) in [6.07, 6.45) is 25.9. The van der Waals surface area contributed by atoms with Crippen molar-refractivity contribution in [1.82, 2.24) is 56.4 Å². The van der Waals surface area contributed by atoms with Gasteiger partial charge in [-0.3, -0.25) is 14.7 Å².